The van der Waals surface area contributed by atoms with Crippen LogP contribution in [0.5, 0.6) is 0 Å². The molecule has 1 aliphatic heterocycles. The molecule has 0 spiro atoms. The molecule has 1 aliphatic rings. The SMILES string of the molecule is C[C@@H](c1nnc(-c2cccs2)o1)N1CCCN(Cc2cnn(C)c2)CC1. The summed E-state index contributed by atoms with van der Waals surface area (Å²) in [5.74, 6) is 1.32. The summed E-state index contributed by atoms with van der Waals surface area (Å²) in [6.07, 6.45) is 5.18. The zero-order valence-corrected chi connectivity index (χ0v) is 16.0. The molecule has 0 saturated carbocycles. The van der Waals surface area contributed by atoms with Crippen molar-refractivity contribution in [2.45, 2.75) is 25.9 Å². The van der Waals surface area contributed by atoms with Gasteiger partial charge in [-0.15, -0.1) is 21.5 Å². The number of rotatable bonds is 5. The van der Waals surface area contributed by atoms with Crippen molar-refractivity contribution in [2.75, 3.05) is 26.2 Å². The van der Waals surface area contributed by atoms with Crippen LogP contribution in [0.3, 0.4) is 0 Å². The van der Waals surface area contributed by atoms with E-state index in [0.717, 1.165) is 44.0 Å². The van der Waals surface area contributed by atoms with Crippen LogP contribution in [0, 0.1) is 0 Å². The summed E-state index contributed by atoms with van der Waals surface area (Å²) in [4.78, 5) is 5.96. The Morgan fingerprint density at radius 1 is 1.23 bits per heavy atom. The molecule has 4 heterocycles. The van der Waals surface area contributed by atoms with Crippen molar-refractivity contribution in [2.24, 2.45) is 7.05 Å². The smallest absolute Gasteiger partial charge is 0.257 e. The summed E-state index contributed by atoms with van der Waals surface area (Å²) in [6.45, 7) is 7.29. The molecular formula is C18H24N6OS. The van der Waals surface area contributed by atoms with Gasteiger partial charge in [-0.3, -0.25) is 14.5 Å². The lowest BCUT2D eigenvalue weighted by molar-refractivity contribution is 0.184. The Hall–Kier alpha value is -2.03. The van der Waals surface area contributed by atoms with Gasteiger partial charge in [0.2, 0.25) is 5.89 Å². The van der Waals surface area contributed by atoms with Crippen molar-refractivity contribution in [3.8, 4) is 10.8 Å². The molecule has 0 aliphatic carbocycles. The van der Waals surface area contributed by atoms with Crippen LogP contribution in [0.1, 0.15) is 30.8 Å². The summed E-state index contributed by atoms with van der Waals surface area (Å²) in [5.41, 5.74) is 1.27. The van der Waals surface area contributed by atoms with Gasteiger partial charge in [0.1, 0.15) is 0 Å². The third kappa shape index (κ3) is 3.87. The maximum Gasteiger partial charge on any atom is 0.257 e. The fourth-order valence-corrected chi connectivity index (χ4v) is 4.05. The van der Waals surface area contributed by atoms with Gasteiger partial charge in [-0.05, 0) is 31.3 Å². The van der Waals surface area contributed by atoms with Crippen molar-refractivity contribution in [3.05, 3.63) is 41.4 Å². The second-order valence-corrected chi connectivity index (χ2v) is 7.73. The third-order valence-corrected chi connectivity index (χ3v) is 5.72. The lowest BCUT2D eigenvalue weighted by atomic mass is 10.2. The van der Waals surface area contributed by atoms with Gasteiger partial charge in [0.25, 0.3) is 5.89 Å². The Kier molecular flexibility index (Phi) is 5.14. The Bertz CT molecular complexity index is 826. The van der Waals surface area contributed by atoms with Crippen LogP contribution >= 0.6 is 11.3 Å². The largest absolute Gasteiger partial charge is 0.418 e. The molecule has 3 aromatic heterocycles. The fraction of sp³-hybridized carbons (Fsp3) is 0.500. The highest BCUT2D eigenvalue weighted by atomic mass is 32.1. The molecular weight excluding hydrogens is 348 g/mol. The summed E-state index contributed by atoms with van der Waals surface area (Å²) in [5, 5.41) is 14.8. The van der Waals surface area contributed by atoms with Crippen LogP contribution in [-0.4, -0.2) is 56.0 Å². The highest BCUT2D eigenvalue weighted by molar-refractivity contribution is 7.13. The molecule has 0 N–H and O–H groups in total. The van der Waals surface area contributed by atoms with E-state index in [1.807, 2.05) is 35.4 Å². The zero-order chi connectivity index (χ0) is 17.9. The van der Waals surface area contributed by atoms with E-state index in [9.17, 15) is 0 Å². The zero-order valence-electron chi connectivity index (χ0n) is 15.2. The minimum Gasteiger partial charge on any atom is -0.418 e. The minimum absolute atomic E-state index is 0.134. The maximum absolute atomic E-state index is 5.93. The second kappa shape index (κ2) is 7.69. The molecule has 3 aromatic rings. The molecule has 26 heavy (non-hydrogen) atoms. The first-order valence-electron chi connectivity index (χ1n) is 9.00. The van der Waals surface area contributed by atoms with Gasteiger partial charge in [-0.25, -0.2) is 0 Å². The maximum atomic E-state index is 5.93. The molecule has 0 aromatic carbocycles. The fourth-order valence-electron chi connectivity index (χ4n) is 3.41. The molecule has 0 radical (unpaired) electrons. The molecule has 138 valence electrons. The van der Waals surface area contributed by atoms with Gasteiger partial charge >= 0.3 is 0 Å². The average molecular weight is 372 g/mol. The number of thiophene rings is 1. The number of aromatic nitrogens is 4. The quantitative estimate of drug-likeness (QED) is 0.686. The Morgan fingerprint density at radius 3 is 2.92 bits per heavy atom. The Morgan fingerprint density at radius 2 is 2.15 bits per heavy atom. The van der Waals surface area contributed by atoms with E-state index in [1.54, 1.807) is 11.3 Å². The van der Waals surface area contributed by atoms with E-state index >= 15 is 0 Å². The first-order chi connectivity index (χ1) is 12.7. The molecule has 0 amide bonds. The molecule has 1 atom stereocenters. The van der Waals surface area contributed by atoms with Crippen LogP contribution in [0.25, 0.3) is 10.8 Å². The standard InChI is InChI=1S/C18H24N6OS/c1-14(17-20-21-18(25-17)16-5-3-10-26-16)24-7-4-6-23(8-9-24)13-15-11-19-22(2)12-15/h3,5,10-12,14H,4,6-9,13H2,1-2H3/t14-/m0/s1. The van der Waals surface area contributed by atoms with Gasteiger partial charge in [0.15, 0.2) is 0 Å². The van der Waals surface area contributed by atoms with Gasteiger partial charge in [0.05, 0.1) is 17.1 Å². The lowest BCUT2D eigenvalue weighted by Gasteiger charge is -2.25. The number of hydrogen-bond acceptors (Lipinski definition) is 7. The van der Waals surface area contributed by atoms with Gasteiger partial charge in [-0.2, -0.15) is 5.10 Å². The third-order valence-electron chi connectivity index (χ3n) is 4.87. The average Bonchev–Trinajstić information content (AvgIpc) is 3.35. The van der Waals surface area contributed by atoms with Gasteiger partial charge in [0, 0.05) is 45.0 Å². The van der Waals surface area contributed by atoms with E-state index in [4.69, 9.17) is 4.42 Å². The Labute approximate surface area is 157 Å². The van der Waals surface area contributed by atoms with Crippen molar-refractivity contribution in [3.63, 3.8) is 0 Å². The first-order valence-corrected chi connectivity index (χ1v) is 9.88. The summed E-state index contributed by atoms with van der Waals surface area (Å²) < 4.78 is 7.79. The van der Waals surface area contributed by atoms with E-state index in [-0.39, 0.29) is 6.04 Å². The summed E-state index contributed by atoms with van der Waals surface area (Å²) >= 11 is 1.62. The minimum atomic E-state index is 0.134. The molecule has 7 nitrogen and oxygen atoms in total. The van der Waals surface area contributed by atoms with Crippen molar-refractivity contribution >= 4 is 11.3 Å². The van der Waals surface area contributed by atoms with Crippen molar-refractivity contribution in [1.29, 1.82) is 0 Å². The topological polar surface area (TPSA) is 63.2 Å². The monoisotopic (exact) mass is 372 g/mol. The van der Waals surface area contributed by atoms with Crippen LogP contribution in [0.4, 0.5) is 0 Å². The van der Waals surface area contributed by atoms with Crippen molar-refractivity contribution in [1.82, 2.24) is 29.8 Å². The predicted molar refractivity (Wildman–Crippen MR) is 101 cm³/mol. The second-order valence-electron chi connectivity index (χ2n) is 6.79. The highest BCUT2D eigenvalue weighted by Gasteiger charge is 2.24. The van der Waals surface area contributed by atoms with Gasteiger partial charge in [-0.1, -0.05) is 6.07 Å². The van der Waals surface area contributed by atoms with Crippen LogP contribution in [0.2, 0.25) is 0 Å². The van der Waals surface area contributed by atoms with Crippen LogP contribution in [0.15, 0.2) is 34.3 Å². The van der Waals surface area contributed by atoms with Crippen LogP contribution < -0.4 is 0 Å². The molecule has 0 bridgehead atoms. The van der Waals surface area contributed by atoms with Crippen LogP contribution in [-0.2, 0) is 13.6 Å². The van der Waals surface area contributed by atoms with E-state index in [2.05, 4.69) is 38.2 Å². The molecule has 0 unspecified atom stereocenters. The molecule has 8 heteroatoms. The molecule has 1 saturated heterocycles. The number of hydrogen-bond donors (Lipinski definition) is 0. The lowest BCUT2D eigenvalue weighted by Crippen LogP contribution is -2.32. The van der Waals surface area contributed by atoms with E-state index in [0.29, 0.717) is 11.8 Å². The first kappa shape index (κ1) is 17.4. The summed E-state index contributed by atoms with van der Waals surface area (Å²) in [6, 6.07) is 4.14. The molecule has 4 rings (SSSR count). The predicted octanol–water partition coefficient (Wildman–Crippen LogP) is 2.80. The normalized spacial score (nSPS) is 18.1. The summed E-state index contributed by atoms with van der Waals surface area (Å²) in [7, 11) is 1.96. The van der Waals surface area contributed by atoms with E-state index < -0.39 is 0 Å². The van der Waals surface area contributed by atoms with Crippen molar-refractivity contribution < 1.29 is 4.42 Å². The molecule has 1 fully saturated rings. The van der Waals surface area contributed by atoms with E-state index in [1.165, 1.54) is 5.56 Å². The van der Waals surface area contributed by atoms with Gasteiger partial charge < -0.3 is 4.42 Å². The highest BCUT2D eigenvalue weighted by Crippen LogP contribution is 2.27. The number of nitrogens with zero attached hydrogens (tertiary/aromatic N) is 6. The number of aryl methyl sites for hydroxylation is 1. The Balaban J connectivity index is 1.37.